The highest BCUT2D eigenvalue weighted by atomic mass is 16.6. The van der Waals surface area contributed by atoms with E-state index in [0.29, 0.717) is 6.10 Å². The standard InChI is InChI=1S/C11H14O2/c1-12-11(7-10-8-13-10)9-5-3-2-4-6-9/h2-6,10-11H,7-8H2,1H3. The van der Waals surface area contributed by atoms with Crippen LogP contribution in [0.3, 0.4) is 0 Å². The van der Waals surface area contributed by atoms with Crippen molar-refractivity contribution in [1.82, 2.24) is 0 Å². The lowest BCUT2D eigenvalue weighted by Gasteiger charge is -2.13. The maximum absolute atomic E-state index is 5.41. The van der Waals surface area contributed by atoms with Gasteiger partial charge >= 0.3 is 0 Å². The summed E-state index contributed by atoms with van der Waals surface area (Å²) in [4.78, 5) is 0. The molecule has 0 spiro atoms. The van der Waals surface area contributed by atoms with Gasteiger partial charge in [-0.05, 0) is 5.56 Å². The van der Waals surface area contributed by atoms with Crippen LogP contribution in [0.15, 0.2) is 30.3 Å². The molecule has 0 N–H and O–H groups in total. The summed E-state index contributed by atoms with van der Waals surface area (Å²) in [5.74, 6) is 0. The maximum Gasteiger partial charge on any atom is 0.0846 e. The lowest BCUT2D eigenvalue weighted by atomic mass is 10.1. The fourth-order valence-electron chi connectivity index (χ4n) is 1.48. The molecule has 1 fully saturated rings. The summed E-state index contributed by atoms with van der Waals surface area (Å²) in [5.41, 5.74) is 1.24. The summed E-state index contributed by atoms with van der Waals surface area (Å²) >= 11 is 0. The van der Waals surface area contributed by atoms with Crippen LogP contribution >= 0.6 is 0 Å². The predicted octanol–water partition coefficient (Wildman–Crippen LogP) is 2.16. The van der Waals surface area contributed by atoms with Crippen LogP contribution in [0, 0.1) is 0 Å². The Hall–Kier alpha value is -0.860. The fraction of sp³-hybridized carbons (Fsp3) is 0.455. The van der Waals surface area contributed by atoms with Crippen molar-refractivity contribution in [3.05, 3.63) is 35.9 Å². The second kappa shape index (κ2) is 3.90. The van der Waals surface area contributed by atoms with Crippen LogP contribution in [0.1, 0.15) is 18.1 Å². The molecule has 2 heteroatoms. The SMILES string of the molecule is COC(CC1CO1)c1ccccc1. The molecule has 13 heavy (non-hydrogen) atoms. The van der Waals surface area contributed by atoms with Gasteiger partial charge in [0.05, 0.1) is 18.8 Å². The van der Waals surface area contributed by atoms with E-state index in [1.54, 1.807) is 7.11 Å². The highest BCUT2D eigenvalue weighted by molar-refractivity contribution is 5.17. The molecule has 0 bridgehead atoms. The molecule has 1 saturated heterocycles. The van der Waals surface area contributed by atoms with Crippen molar-refractivity contribution in [3.8, 4) is 0 Å². The third kappa shape index (κ3) is 2.29. The number of hydrogen-bond acceptors (Lipinski definition) is 2. The number of hydrogen-bond donors (Lipinski definition) is 0. The van der Waals surface area contributed by atoms with Gasteiger partial charge < -0.3 is 9.47 Å². The van der Waals surface area contributed by atoms with Gasteiger partial charge in [0.1, 0.15) is 0 Å². The smallest absolute Gasteiger partial charge is 0.0846 e. The van der Waals surface area contributed by atoms with Crippen LogP contribution in [0.25, 0.3) is 0 Å². The van der Waals surface area contributed by atoms with Crippen molar-refractivity contribution < 1.29 is 9.47 Å². The van der Waals surface area contributed by atoms with Crippen LogP contribution in [0.5, 0.6) is 0 Å². The molecule has 1 aliphatic rings. The number of benzene rings is 1. The highest BCUT2D eigenvalue weighted by Gasteiger charge is 2.27. The summed E-state index contributed by atoms with van der Waals surface area (Å²) in [6, 6.07) is 10.3. The summed E-state index contributed by atoms with van der Waals surface area (Å²) in [6.45, 7) is 0.896. The topological polar surface area (TPSA) is 21.8 Å². The molecule has 1 aromatic rings. The third-order valence-corrected chi connectivity index (χ3v) is 2.34. The van der Waals surface area contributed by atoms with E-state index >= 15 is 0 Å². The molecule has 0 saturated carbocycles. The molecule has 2 unspecified atom stereocenters. The van der Waals surface area contributed by atoms with E-state index in [-0.39, 0.29) is 6.10 Å². The average molecular weight is 178 g/mol. The van der Waals surface area contributed by atoms with Gasteiger partial charge in [-0.25, -0.2) is 0 Å². The summed E-state index contributed by atoms with van der Waals surface area (Å²) in [6.07, 6.45) is 1.58. The summed E-state index contributed by atoms with van der Waals surface area (Å²) in [7, 11) is 1.75. The van der Waals surface area contributed by atoms with E-state index < -0.39 is 0 Å². The molecular weight excluding hydrogens is 164 g/mol. The molecule has 0 radical (unpaired) electrons. The summed E-state index contributed by atoms with van der Waals surface area (Å²) < 4.78 is 10.6. The summed E-state index contributed by atoms with van der Waals surface area (Å²) in [5, 5.41) is 0. The number of methoxy groups -OCH3 is 1. The van der Waals surface area contributed by atoms with E-state index in [4.69, 9.17) is 9.47 Å². The van der Waals surface area contributed by atoms with Gasteiger partial charge in [0, 0.05) is 13.5 Å². The molecule has 2 nitrogen and oxygen atoms in total. The van der Waals surface area contributed by atoms with Gasteiger partial charge in [-0.1, -0.05) is 30.3 Å². The van der Waals surface area contributed by atoms with Gasteiger partial charge in [0.25, 0.3) is 0 Å². The Balaban J connectivity index is 2.02. The predicted molar refractivity (Wildman–Crippen MR) is 50.5 cm³/mol. The van der Waals surface area contributed by atoms with E-state index in [9.17, 15) is 0 Å². The van der Waals surface area contributed by atoms with Crippen molar-refractivity contribution >= 4 is 0 Å². The average Bonchev–Trinajstić information content (AvgIpc) is 2.99. The zero-order chi connectivity index (χ0) is 9.10. The lowest BCUT2D eigenvalue weighted by Crippen LogP contribution is -2.04. The Morgan fingerprint density at radius 3 is 2.69 bits per heavy atom. The Morgan fingerprint density at radius 1 is 1.46 bits per heavy atom. The third-order valence-electron chi connectivity index (χ3n) is 2.34. The zero-order valence-corrected chi connectivity index (χ0v) is 7.77. The van der Waals surface area contributed by atoms with Crippen LogP contribution in [0.4, 0.5) is 0 Å². The van der Waals surface area contributed by atoms with Gasteiger partial charge in [-0.15, -0.1) is 0 Å². The van der Waals surface area contributed by atoms with E-state index in [1.807, 2.05) is 18.2 Å². The second-order valence-electron chi connectivity index (χ2n) is 3.33. The van der Waals surface area contributed by atoms with Gasteiger partial charge in [-0.2, -0.15) is 0 Å². The molecule has 0 amide bonds. The van der Waals surface area contributed by atoms with Crippen molar-refractivity contribution in [3.63, 3.8) is 0 Å². The first-order valence-corrected chi connectivity index (χ1v) is 4.59. The first-order valence-electron chi connectivity index (χ1n) is 4.59. The van der Waals surface area contributed by atoms with Crippen molar-refractivity contribution in [1.29, 1.82) is 0 Å². The fourth-order valence-corrected chi connectivity index (χ4v) is 1.48. The first kappa shape index (κ1) is 8.73. The molecule has 0 aromatic heterocycles. The van der Waals surface area contributed by atoms with Crippen LogP contribution < -0.4 is 0 Å². The van der Waals surface area contributed by atoms with Gasteiger partial charge in [-0.3, -0.25) is 0 Å². The van der Waals surface area contributed by atoms with Crippen LogP contribution in [-0.2, 0) is 9.47 Å². The van der Waals surface area contributed by atoms with E-state index in [2.05, 4.69) is 12.1 Å². The van der Waals surface area contributed by atoms with Crippen LogP contribution in [0.2, 0.25) is 0 Å². The first-order chi connectivity index (χ1) is 6.40. The lowest BCUT2D eigenvalue weighted by molar-refractivity contribution is 0.0880. The van der Waals surface area contributed by atoms with E-state index in [0.717, 1.165) is 13.0 Å². The Morgan fingerprint density at radius 2 is 2.15 bits per heavy atom. The monoisotopic (exact) mass is 178 g/mol. The Labute approximate surface area is 78.5 Å². The van der Waals surface area contributed by atoms with Gasteiger partial charge in [0.2, 0.25) is 0 Å². The highest BCUT2D eigenvalue weighted by Crippen LogP contribution is 2.27. The molecule has 2 rings (SSSR count). The van der Waals surface area contributed by atoms with Crippen molar-refractivity contribution in [2.75, 3.05) is 13.7 Å². The largest absolute Gasteiger partial charge is 0.377 e. The Kier molecular flexibility index (Phi) is 2.62. The Bertz CT molecular complexity index is 254. The number of epoxide rings is 1. The minimum Gasteiger partial charge on any atom is -0.377 e. The molecule has 0 aliphatic carbocycles. The van der Waals surface area contributed by atoms with E-state index in [1.165, 1.54) is 5.56 Å². The molecule has 70 valence electrons. The molecule has 1 heterocycles. The zero-order valence-electron chi connectivity index (χ0n) is 7.77. The number of ether oxygens (including phenoxy) is 2. The van der Waals surface area contributed by atoms with Crippen LogP contribution in [-0.4, -0.2) is 19.8 Å². The minimum absolute atomic E-state index is 0.189. The molecular formula is C11H14O2. The second-order valence-corrected chi connectivity index (χ2v) is 3.33. The normalized spacial score (nSPS) is 22.7. The van der Waals surface area contributed by atoms with Crippen molar-refractivity contribution in [2.45, 2.75) is 18.6 Å². The maximum atomic E-state index is 5.41. The quantitative estimate of drug-likeness (QED) is 0.659. The molecule has 2 atom stereocenters. The number of rotatable bonds is 4. The minimum atomic E-state index is 0.189. The molecule has 1 aromatic carbocycles. The van der Waals surface area contributed by atoms with Gasteiger partial charge in [0.15, 0.2) is 0 Å². The molecule has 1 aliphatic heterocycles. The van der Waals surface area contributed by atoms with Crippen molar-refractivity contribution in [2.24, 2.45) is 0 Å².